The quantitative estimate of drug-likeness (QED) is 0.696. The lowest BCUT2D eigenvalue weighted by atomic mass is 10.1. The summed E-state index contributed by atoms with van der Waals surface area (Å²) in [6.07, 6.45) is 0. The van der Waals surface area contributed by atoms with Crippen LogP contribution in [-0.2, 0) is 4.79 Å². The molecular formula is C13H20N3O2+. The molecule has 0 saturated carbocycles. The first-order valence-corrected chi connectivity index (χ1v) is 6.09. The monoisotopic (exact) mass is 250 g/mol. The van der Waals surface area contributed by atoms with Crippen LogP contribution in [0.15, 0.2) is 30.3 Å². The largest absolute Gasteiger partial charge is 0.338 e. The average molecular weight is 250 g/mol. The first kappa shape index (κ1) is 14.2. The van der Waals surface area contributed by atoms with E-state index in [1.54, 1.807) is 6.92 Å². The number of hydrogen-bond acceptors (Lipinski definition) is 2. The molecule has 0 aromatic heterocycles. The van der Waals surface area contributed by atoms with Crippen LogP contribution >= 0.6 is 0 Å². The van der Waals surface area contributed by atoms with Crippen LogP contribution in [0.3, 0.4) is 0 Å². The molecule has 0 aliphatic carbocycles. The highest BCUT2D eigenvalue weighted by Gasteiger charge is 2.12. The van der Waals surface area contributed by atoms with Crippen molar-refractivity contribution in [3.8, 4) is 0 Å². The molecule has 1 aromatic carbocycles. The lowest BCUT2D eigenvalue weighted by molar-refractivity contribution is -0.682. The minimum Gasteiger partial charge on any atom is -0.338 e. The van der Waals surface area contributed by atoms with Crippen molar-refractivity contribution in [3.63, 3.8) is 0 Å². The summed E-state index contributed by atoms with van der Waals surface area (Å²) >= 11 is 0. The minimum absolute atomic E-state index is 0.186. The van der Waals surface area contributed by atoms with Crippen molar-refractivity contribution >= 4 is 11.9 Å². The number of rotatable bonds is 5. The van der Waals surface area contributed by atoms with E-state index in [4.69, 9.17) is 0 Å². The zero-order valence-corrected chi connectivity index (χ0v) is 10.8. The normalized spacial score (nSPS) is 11.7. The Labute approximate surface area is 107 Å². The highest BCUT2D eigenvalue weighted by atomic mass is 16.2. The van der Waals surface area contributed by atoms with Gasteiger partial charge < -0.3 is 10.6 Å². The van der Waals surface area contributed by atoms with Gasteiger partial charge in [0.05, 0.1) is 0 Å². The lowest BCUT2D eigenvalue weighted by Gasteiger charge is -2.10. The molecular weight excluding hydrogens is 230 g/mol. The fourth-order valence-electron chi connectivity index (χ4n) is 1.56. The van der Waals surface area contributed by atoms with Gasteiger partial charge in [0.1, 0.15) is 6.04 Å². The van der Waals surface area contributed by atoms with Crippen LogP contribution in [0.1, 0.15) is 25.5 Å². The SMILES string of the molecule is CCNC(=O)NC(=O)C[NH2+][C@H](C)c1ccccc1. The second-order valence-electron chi connectivity index (χ2n) is 4.05. The third-order valence-electron chi connectivity index (χ3n) is 2.57. The molecule has 98 valence electrons. The van der Waals surface area contributed by atoms with Gasteiger partial charge in [0.2, 0.25) is 0 Å². The van der Waals surface area contributed by atoms with Crippen LogP contribution in [0.5, 0.6) is 0 Å². The van der Waals surface area contributed by atoms with E-state index in [-0.39, 0.29) is 18.5 Å². The first-order valence-electron chi connectivity index (χ1n) is 6.09. The van der Waals surface area contributed by atoms with Gasteiger partial charge in [0, 0.05) is 12.1 Å². The molecule has 0 aliphatic heterocycles. The molecule has 0 saturated heterocycles. The third-order valence-corrected chi connectivity index (χ3v) is 2.57. The molecule has 0 fully saturated rings. The number of hydrogen-bond donors (Lipinski definition) is 3. The minimum atomic E-state index is -0.441. The van der Waals surface area contributed by atoms with Crippen LogP contribution in [0.25, 0.3) is 0 Å². The van der Waals surface area contributed by atoms with Crippen LogP contribution in [0, 0.1) is 0 Å². The molecule has 0 unspecified atom stereocenters. The highest BCUT2D eigenvalue weighted by molar-refractivity contribution is 5.94. The number of urea groups is 1. The van der Waals surface area contributed by atoms with E-state index in [0.29, 0.717) is 6.54 Å². The van der Waals surface area contributed by atoms with Gasteiger partial charge in [0.15, 0.2) is 6.54 Å². The van der Waals surface area contributed by atoms with Crippen LogP contribution < -0.4 is 16.0 Å². The molecule has 5 nitrogen and oxygen atoms in total. The summed E-state index contributed by atoms with van der Waals surface area (Å²) < 4.78 is 0. The highest BCUT2D eigenvalue weighted by Crippen LogP contribution is 2.05. The Balaban J connectivity index is 2.32. The van der Waals surface area contributed by atoms with E-state index in [2.05, 4.69) is 10.6 Å². The Morgan fingerprint density at radius 3 is 2.56 bits per heavy atom. The molecule has 0 heterocycles. The van der Waals surface area contributed by atoms with Gasteiger partial charge >= 0.3 is 6.03 Å². The van der Waals surface area contributed by atoms with Crippen molar-refractivity contribution in [3.05, 3.63) is 35.9 Å². The maximum Gasteiger partial charge on any atom is 0.321 e. The van der Waals surface area contributed by atoms with E-state index in [9.17, 15) is 9.59 Å². The maximum absolute atomic E-state index is 11.5. The summed E-state index contributed by atoms with van der Waals surface area (Å²) in [5.74, 6) is -0.288. The Morgan fingerprint density at radius 1 is 1.28 bits per heavy atom. The van der Waals surface area contributed by atoms with Crippen molar-refractivity contribution in [2.75, 3.05) is 13.1 Å². The molecule has 18 heavy (non-hydrogen) atoms. The summed E-state index contributed by atoms with van der Waals surface area (Å²) in [6, 6.07) is 9.67. The zero-order chi connectivity index (χ0) is 13.4. The predicted octanol–water partition coefficient (Wildman–Crippen LogP) is 0.157. The van der Waals surface area contributed by atoms with Gasteiger partial charge in [-0.1, -0.05) is 30.3 Å². The van der Waals surface area contributed by atoms with Crippen molar-refractivity contribution in [1.82, 2.24) is 10.6 Å². The maximum atomic E-state index is 11.5. The van der Waals surface area contributed by atoms with E-state index in [0.717, 1.165) is 5.56 Å². The number of nitrogens with one attached hydrogen (secondary N) is 2. The average Bonchev–Trinajstić information content (AvgIpc) is 2.37. The van der Waals surface area contributed by atoms with Gasteiger partial charge in [-0.05, 0) is 13.8 Å². The van der Waals surface area contributed by atoms with Gasteiger partial charge in [-0.25, -0.2) is 4.79 Å². The van der Waals surface area contributed by atoms with E-state index in [1.165, 1.54) is 0 Å². The van der Waals surface area contributed by atoms with E-state index >= 15 is 0 Å². The Morgan fingerprint density at radius 2 is 1.94 bits per heavy atom. The summed E-state index contributed by atoms with van der Waals surface area (Å²) in [4.78, 5) is 22.6. The molecule has 1 rings (SSSR count). The van der Waals surface area contributed by atoms with Gasteiger partial charge in [-0.15, -0.1) is 0 Å². The van der Waals surface area contributed by atoms with Crippen molar-refractivity contribution in [2.45, 2.75) is 19.9 Å². The van der Waals surface area contributed by atoms with Gasteiger partial charge in [-0.3, -0.25) is 10.1 Å². The number of benzene rings is 1. The molecule has 0 aliphatic rings. The number of nitrogens with two attached hydrogens (primary N) is 1. The van der Waals surface area contributed by atoms with E-state index < -0.39 is 6.03 Å². The number of quaternary nitrogens is 1. The molecule has 3 amide bonds. The van der Waals surface area contributed by atoms with Crippen molar-refractivity contribution in [2.24, 2.45) is 0 Å². The van der Waals surface area contributed by atoms with Gasteiger partial charge in [0.25, 0.3) is 5.91 Å². The summed E-state index contributed by atoms with van der Waals surface area (Å²) in [6.45, 7) is 4.55. The fourth-order valence-corrected chi connectivity index (χ4v) is 1.56. The first-order chi connectivity index (χ1) is 8.63. The molecule has 0 radical (unpaired) electrons. The number of carbonyl (C=O) groups excluding carboxylic acids is 2. The number of carbonyl (C=O) groups is 2. The molecule has 1 atom stereocenters. The number of amides is 3. The Hall–Kier alpha value is -1.88. The van der Waals surface area contributed by atoms with Crippen molar-refractivity contribution < 1.29 is 14.9 Å². The summed E-state index contributed by atoms with van der Waals surface area (Å²) in [5.41, 5.74) is 1.16. The topological polar surface area (TPSA) is 74.8 Å². The zero-order valence-electron chi connectivity index (χ0n) is 10.8. The van der Waals surface area contributed by atoms with E-state index in [1.807, 2.05) is 42.6 Å². The predicted molar refractivity (Wildman–Crippen MR) is 68.9 cm³/mol. The Kier molecular flexibility index (Phi) is 5.87. The van der Waals surface area contributed by atoms with Crippen LogP contribution in [0.2, 0.25) is 0 Å². The van der Waals surface area contributed by atoms with Gasteiger partial charge in [-0.2, -0.15) is 0 Å². The smallest absolute Gasteiger partial charge is 0.321 e. The fraction of sp³-hybridized carbons (Fsp3) is 0.385. The second kappa shape index (κ2) is 7.45. The molecule has 0 bridgehead atoms. The standard InChI is InChI=1S/C13H19N3O2/c1-3-14-13(18)16-12(17)9-15-10(2)11-7-5-4-6-8-11/h4-8,10,15H,3,9H2,1-2H3,(H2,14,16,17,18)/p+1/t10-/m1/s1. The molecule has 1 aromatic rings. The van der Waals surface area contributed by atoms with Crippen LogP contribution in [-0.4, -0.2) is 25.0 Å². The summed E-state index contributed by atoms with van der Waals surface area (Å²) in [7, 11) is 0. The molecule has 4 N–H and O–H groups in total. The molecule has 5 heteroatoms. The Bertz CT molecular complexity index is 392. The summed E-state index contributed by atoms with van der Waals surface area (Å²) in [5, 5.41) is 6.67. The second-order valence-corrected chi connectivity index (χ2v) is 4.05. The van der Waals surface area contributed by atoms with Crippen molar-refractivity contribution in [1.29, 1.82) is 0 Å². The van der Waals surface area contributed by atoms with Crippen LogP contribution in [0.4, 0.5) is 4.79 Å². The number of imide groups is 1. The third kappa shape index (κ3) is 4.97. The molecule has 0 spiro atoms. The lowest BCUT2D eigenvalue weighted by Crippen LogP contribution is -2.87.